The summed E-state index contributed by atoms with van der Waals surface area (Å²) in [7, 11) is 0. The summed E-state index contributed by atoms with van der Waals surface area (Å²) < 4.78 is 6.76. The van der Waals surface area contributed by atoms with E-state index < -0.39 is 5.97 Å². The van der Waals surface area contributed by atoms with Crippen LogP contribution in [0.2, 0.25) is 0 Å². The average Bonchev–Trinajstić information content (AvgIpc) is 3.01. The molecule has 0 saturated heterocycles. The fourth-order valence-corrected chi connectivity index (χ4v) is 2.47. The predicted molar refractivity (Wildman–Crippen MR) is 71.2 cm³/mol. The molecule has 0 aliphatic heterocycles. The van der Waals surface area contributed by atoms with E-state index >= 15 is 0 Å². The molecule has 0 fully saturated rings. The highest BCUT2D eigenvalue weighted by Gasteiger charge is 2.20. The van der Waals surface area contributed by atoms with E-state index in [0.717, 1.165) is 5.01 Å². The molecule has 0 saturated carbocycles. The second-order valence-corrected chi connectivity index (χ2v) is 5.10. The molecule has 0 N–H and O–H groups in total. The van der Waals surface area contributed by atoms with Crippen molar-refractivity contribution in [1.29, 1.82) is 0 Å². The van der Waals surface area contributed by atoms with E-state index in [0.29, 0.717) is 19.0 Å². The highest BCUT2D eigenvalue weighted by Crippen LogP contribution is 2.20. The van der Waals surface area contributed by atoms with E-state index in [1.54, 1.807) is 29.0 Å². The van der Waals surface area contributed by atoms with Gasteiger partial charge in [0.15, 0.2) is 0 Å². The second kappa shape index (κ2) is 5.92. The van der Waals surface area contributed by atoms with Crippen molar-refractivity contribution < 1.29 is 9.53 Å². The van der Waals surface area contributed by atoms with Gasteiger partial charge < -0.3 is 9.30 Å². The minimum absolute atomic E-state index is 0.197. The molecule has 19 heavy (non-hydrogen) atoms. The second-order valence-electron chi connectivity index (χ2n) is 4.17. The molecule has 1 unspecified atom stereocenters. The Balaban J connectivity index is 2.20. The van der Waals surface area contributed by atoms with E-state index in [1.807, 2.05) is 12.3 Å². The fraction of sp³-hybridized carbons (Fsp3) is 0.500. The van der Waals surface area contributed by atoms with Gasteiger partial charge in [-0.05, 0) is 13.8 Å². The molecule has 1 atom stereocenters. The molecule has 6 nitrogen and oxygen atoms in total. The Morgan fingerprint density at radius 1 is 1.53 bits per heavy atom. The topological polar surface area (TPSA) is 69.9 Å². The van der Waals surface area contributed by atoms with E-state index in [2.05, 4.69) is 22.1 Å². The Kier molecular flexibility index (Phi) is 4.26. The van der Waals surface area contributed by atoms with Crippen molar-refractivity contribution in [2.45, 2.75) is 33.2 Å². The summed E-state index contributed by atoms with van der Waals surface area (Å²) in [4.78, 5) is 16.1. The Hall–Kier alpha value is -1.76. The molecule has 7 heteroatoms. The summed E-state index contributed by atoms with van der Waals surface area (Å²) in [5.74, 6) is 0.714. The molecule has 2 aromatic rings. The largest absolute Gasteiger partial charge is 0.460 e. The Morgan fingerprint density at radius 3 is 2.95 bits per heavy atom. The van der Waals surface area contributed by atoms with Crippen molar-refractivity contribution >= 4 is 17.3 Å². The van der Waals surface area contributed by atoms with Crippen molar-refractivity contribution in [2.75, 3.05) is 6.61 Å². The van der Waals surface area contributed by atoms with Crippen LogP contribution in [-0.4, -0.2) is 32.3 Å². The number of hydrogen-bond donors (Lipinski definition) is 0. The van der Waals surface area contributed by atoms with Gasteiger partial charge in [-0.1, -0.05) is 6.92 Å². The quantitative estimate of drug-likeness (QED) is 0.784. The predicted octanol–water partition coefficient (Wildman–Crippen LogP) is 2.02. The number of rotatable bonds is 5. The van der Waals surface area contributed by atoms with Gasteiger partial charge in [0.2, 0.25) is 5.82 Å². The lowest BCUT2D eigenvalue weighted by Gasteiger charge is -2.12. The van der Waals surface area contributed by atoms with Crippen LogP contribution in [0, 0.1) is 6.92 Å². The number of ether oxygens (including phenoxy) is 1. The summed E-state index contributed by atoms with van der Waals surface area (Å²) >= 11 is 1.60. The van der Waals surface area contributed by atoms with E-state index in [1.165, 1.54) is 0 Å². The first-order chi connectivity index (χ1) is 9.13. The fourth-order valence-electron chi connectivity index (χ4n) is 1.78. The summed E-state index contributed by atoms with van der Waals surface area (Å²) in [6.45, 7) is 6.59. The number of nitrogens with zero attached hydrogens (tertiary/aromatic N) is 4. The molecule has 0 spiro atoms. The van der Waals surface area contributed by atoms with Crippen molar-refractivity contribution in [3.8, 4) is 0 Å². The number of carbonyl (C=O) groups is 1. The minimum Gasteiger partial charge on any atom is -0.460 e. The molecular formula is C12H16N4O2S. The molecule has 102 valence electrons. The van der Waals surface area contributed by atoms with Crippen molar-refractivity contribution in [3.63, 3.8) is 0 Å². The van der Waals surface area contributed by atoms with Crippen LogP contribution >= 0.6 is 11.3 Å². The van der Waals surface area contributed by atoms with E-state index in [9.17, 15) is 4.79 Å². The van der Waals surface area contributed by atoms with Crippen LogP contribution in [0.1, 0.15) is 41.2 Å². The minimum atomic E-state index is -0.436. The molecule has 2 aromatic heterocycles. The molecule has 0 aliphatic rings. The lowest BCUT2D eigenvalue weighted by atomic mass is 10.2. The normalized spacial score (nSPS) is 12.4. The molecule has 0 aliphatic carbocycles. The maximum Gasteiger partial charge on any atom is 0.376 e. The third-order valence-corrected chi connectivity index (χ3v) is 3.73. The third-order valence-electron chi connectivity index (χ3n) is 2.72. The first-order valence-electron chi connectivity index (χ1n) is 6.09. The number of carbonyl (C=O) groups excluding carboxylic acids is 1. The molecule has 0 bridgehead atoms. The standard InChI is InChI=1S/C12H16N4O2S/c1-4-18-12(17)10-15-14-9(3)16(10)7-8(2)11-13-5-6-19-11/h5-6,8H,4,7H2,1-3H3. The first kappa shape index (κ1) is 13.7. The molecule has 0 amide bonds. The summed E-state index contributed by atoms with van der Waals surface area (Å²) in [5, 5.41) is 10.8. The zero-order chi connectivity index (χ0) is 13.8. The average molecular weight is 280 g/mol. The van der Waals surface area contributed by atoms with Gasteiger partial charge in [0, 0.05) is 24.0 Å². The molecule has 2 heterocycles. The van der Waals surface area contributed by atoms with Gasteiger partial charge in [-0.3, -0.25) is 0 Å². The van der Waals surface area contributed by atoms with Gasteiger partial charge in [0.1, 0.15) is 5.82 Å². The lowest BCUT2D eigenvalue weighted by molar-refractivity contribution is 0.0505. The molecular weight excluding hydrogens is 264 g/mol. The van der Waals surface area contributed by atoms with Gasteiger partial charge in [0.25, 0.3) is 0 Å². The Labute approximate surface area is 115 Å². The van der Waals surface area contributed by atoms with E-state index in [4.69, 9.17) is 4.74 Å². The van der Waals surface area contributed by atoms with E-state index in [-0.39, 0.29) is 11.7 Å². The van der Waals surface area contributed by atoms with Crippen molar-refractivity contribution in [1.82, 2.24) is 19.7 Å². The van der Waals surface area contributed by atoms with Crippen molar-refractivity contribution in [3.05, 3.63) is 28.2 Å². The lowest BCUT2D eigenvalue weighted by Crippen LogP contribution is -2.17. The molecule has 2 rings (SSSR count). The maximum atomic E-state index is 11.8. The van der Waals surface area contributed by atoms with Gasteiger partial charge >= 0.3 is 5.97 Å². The number of thiazole rings is 1. The van der Waals surface area contributed by atoms with Gasteiger partial charge in [-0.2, -0.15) is 0 Å². The summed E-state index contributed by atoms with van der Waals surface area (Å²) in [6, 6.07) is 0. The number of hydrogen-bond acceptors (Lipinski definition) is 6. The van der Waals surface area contributed by atoms with Crippen LogP contribution in [0.25, 0.3) is 0 Å². The van der Waals surface area contributed by atoms with Crippen LogP contribution < -0.4 is 0 Å². The van der Waals surface area contributed by atoms with Crippen LogP contribution in [0.3, 0.4) is 0 Å². The van der Waals surface area contributed by atoms with Crippen LogP contribution in [0.5, 0.6) is 0 Å². The van der Waals surface area contributed by atoms with Gasteiger partial charge in [-0.15, -0.1) is 21.5 Å². The summed E-state index contributed by atoms with van der Waals surface area (Å²) in [5.41, 5.74) is 0. The SMILES string of the molecule is CCOC(=O)c1nnc(C)n1CC(C)c1nccs1. The highest BCUT2D eigenvalue weighted by atomic mass is 32.1. The Morgan fingerprint density at radius 2 is 2.32 bits per heavy atom. The van der Waals surface area contributed by atoms with Gasteiger partial charge in [-0.25, -0.2) is 9.78 Å². The maximum absolute atomic E-state index is 11.8. The third kappa shape index (κ3) is 2.98. The monoisotopic (exact) mass is 280 g/mol. The Bertz CT molecular complexity index is 550. The number of esters is 1. The first-order valence-corrected chi connectivity index (χ1v) is 6.97. The molecule has 0 radical (unpaired) electrons. The highest BCUT2D eigenvalue weighted by molar-refractivity contribution is 7.09. The molecule has 0 aromatic carbocycles. The number of aryl methyl sites for hydroxylation is 1. The smallest absolute Gasteiger partial charge is 0.376 e. The van der Waals surface area contributed by atoms with Crippen molar-refractivity contribution in [2.24, 2.45) is 0 Å². The zero-order valence-corrected chi connectivity index (χ0v) is 12.0. The van der Waals surface area contributed by atoms with Gasteiger partial charge in [0.05, 0.1) is 11.6 Å². The van der Waals surface area contributed by atoms with Crippen LogP contribution in [0.4, 0.5) is 0 Å². The zero-order valence-electron chi connectivity index (χ0n) is 11.2. The van der Waals surface area contributed by atoms with Crippen LogP contribution in [-0.2, 0) is 11.3 Å². The summed E-state index contributed by atoms with van der Waals surface area (Å²) in [6.07, 6.45) is 1.78. The number of aromatic nitrogens is 4. The van der Waals surface area contributed by atoms with Crippen LogP contribution in [0.15, 0.2) is 11.6 Å².